The summed E-state index contributed by atoms with van der Waals surface area (Å²) in [6.07, 6.45) is 6.26. The standard InChI is InChI=1S/C5H6S.C.Al/c1-2-4-6-5-3-1;;/h1-4H,5H2;;. The first kappa shape index (κ1) is 11.2. The van der Waals surface area contributed by atoms with Crippen LogP contribution in [0.15, 0.2) is 23.6 Å². The van der Waals surface area contributed by atoms with Crippen LogP contribution in [0.25, 0.3) is 0 Å². The number of thioether (sulfide) groups is 1. The zero-order valence-electron chi connectivity index (χ0n) is 4.50. The summed E-state index contributed by atoms with van der Waals surface area (Å²) in [4.78, 5) is 0. The Morgan fingerprint density at radius 3 is 2.12 bits per heavy atom. The molecule has 8 heavy (non-hydrogen) atoms. The van der Waals surface area contributed by atoms with E-state index in [1.165, 1.54) is 0 Å². The summed E-state index contributed by atoms with van der Waals surface area (Å²) >= 11 is 1.83. The third-order valence-corrected chi connectivity index (χ3v) is 1.35. The fourth-order valence-corrected chi connectivity index (χ4v) is 0.881. The molecule has 0 aromatic carbocycles. The number of hydrogen-bond acceptors (Lipinski definition) is 1. The first-order valence-corrected chi connectivity index (χ1v) is 2.98. The van der Waals surface area contributed by atoms with Crippen LogP contribution in [-0.4, -0.2) is 23.1 Å². The van der Waals surface area contributed by atoms with Crippen LogP contribution in [0.1, 0.15) is 0 Å². The van der Waals surface area contributed by atoms with E-state index in [9.17, 15) is 0 Å². The molecule has 0 spiro atoms. The van der Waals surface area contributed by atoms with Gasteiger partial charge in [0.25, 0.3) is 0 Å². The Morgan fingerprint density at radius 2 is 2.00 bits per heavy atom. The van der Waals surface area contributed by atoms with Gasteiger partial charge in [-0.05, 0) is 5.41 Å². The fraction of sp³-hybridized carbons (Fsp3) is 0.167. The van der Waals surface area contributed by atoms with E-state index >= 15 is 0 Å². The van der Waals surface area contributed by atoms with Crippen LogP contribution in [0.2, 0.25) is 0 Å². The minimum atomic E-state index is 0. The second-order valence-electron chi connectivity index (χ2n) is 1.09. The molecule has 0 bridgehead atoms. The maximum atomic E-state index is 2.14. The van der Waals surface area contributed by atoms with E-state index in [4.69, 9.17) is 0 Å². The predicted molar refractivity (Wildman–Crippen MR) is 39.7 cm³/mol. The molecule has 0 unspecified atom stereocenters. The zero-order valence-corrected chi connectivity index (χ0v) is 6.47. The molecule has 0 atom stereocenters. The van der Waals surface area contributed by atoms with Gasteiger partial charge in [0.1, 0.15) is 0 Å². The summed E-state index contributed by atoms with van der Waals surface area (Å²) in [6.45, 7) is 0. The number of hydrogen-bond donors (Lipinski definition) is 0. The Morgan fingerprint density at radius 1 is 1.25 bits per heavy atom. The molecule has 0 aliphatic carbocycles. The van der Waals surface area contributed by atoms with Gasteiger partial charge in [-0.25, -0.2) is 0 Å². The van der Waals surface area contributed by atoms with Crippen LogP contribution in [-0.2, 0) is 0 Å². The smallest absolute Gasteiger partial charge is 0.0157 e. The van der Waals surface area contributed by atoms with Crippen LogP contribution >= 0.6 is 11.8 Å². The molecule has 39 valence electrons. The Kier molecular flexibility index (Phi) is 10.3. The summed E-state index contributed by atoms with van der Waals surface area (Å²) in [6, 6.07) is 0. The van der Waals surface area contributed by atoms with Crippen molar-refractivity contribution in [2.24, 2.45) is 0 Å². The van der Waals surface area contributed by atoms with E-state index in [1.54, 1.807) is 0 Å². The monoisotopic (exact) mass is 137 g/mol. The summed E-state index contributed by atoms with van der Waals surface area (Å²) < 4.78 is 0. The lowest BCUT2D eigenvalue weighted by atomic mass is 10.5. The van der Waals surface area contributed by atoms with E-state index in [0.717, 1.165) is 5.75 Å². The van der Waals surface area contributed by atoms with Gasteiger partial charge in [0, 0.05) is 30.5 Å². The molecule has 7 radical (unpaired) electrons. The Balaban J connectivity index is 0. The van der Waals surface area contributed by atoms with Crippen LogP contribution in [0.4, 0.5) is 0 Å². The molecule has 0 N–H and O–H groups in total. The lowest BCUT2D eigenvalue weighted by Crippen LogP contribution is -1.67. The molecule has 0 amide bonds. The summed E-state index contributed by atoms with van der Waals surface area (Å²) in [7, 11) is 0. The average molecular weight is 137 g/mol. The van der Waals surface area contributed by atoms with Gasteiger partial charge in [0.15, 0.2) is 0 Å². The second kappa shape index (κ2) is 7.36. The maximum absolute atomic E-state index is 2.14. The molecular weight excluding hydrogens is 131 g/mol. The Bertz CT molecular complexity index is 74.5. The lowest BCUT2D eigenvalue weighted by molar-refractivity contribution is 1.74. The summed E-state index contributed by atoms with van der Waals surface area (Å²) in [5.74, 6) is 1.15. The van der Waals surface area contributed by atoms with Crippen molar-refractivity contribution in [3.05, 3.63) is 31.1 Å². The molecule has 1 aliphatic rings. The predicted octanol–water partition coefficient (Wildman–Crippen LogP) is 1.50. The minimum Gasteiger partial charge on any atom is -0.130 e. The number of allylic oxidation sites excluding steroid dienone is 2. The van der Waals surface area contributed by atoms with Crippen molar-refractivity contribution in [2.75, 3.05) is 5.75 Å². The van der Waals surface area contributed by atoms with E-state index in [-0.39, 0.29) is 24.8 Å². The normalized spacial score (nSPS) is 14.0. The highest BCUT2D eigenvalue weighted by molar-refractivity contribution is 8.02. The van der Waals surface area contributed by atoms with Crippen molar-refractivity contribution >= 4 is 29.1 Å². The molecule has 0 saturated heterocycles. The van der Waals surface area contributed by atoms with Crippen molar-refractivity contribution < 1.29 is 0 Å². The second-order valence-corrected chi connectivity index (χ2v) is 2.03. The van der Waals surface area contributed by atoms with Crippen molar-refractivity contribution in [1.82, 2.24) is 0 Å². The molecule has 0 saturated carbocycles. The third kappa shape index (κ3) is 4.52. The van der Waals surface area contributed by atoms with Gasteiger partial charge in [-0.1, -0.05) is 18.2 Å². The Labute approximate surface area is 66.2 Å². The first-order valence-electron chi connectivity index (χ1n) is 1.93. The Hall–Kier alpha value is 0.362. The molecule has 0 fully saturated rings. The largest absolute Gasteiger partial charge is 0.130 e. The van der Waals surface area contributed by atoms with E-state index < -0.39 is 0 Å². The molecule has 1 rings (SSSR count). The molecule has 0 nitrogen and oxygen atoms in total. The van der Waals surface area contributed by atoms with Crippen molar-refractivity contribution in [3.8, 4) is 0 Å². The SMILES string of the molecule is C1=CCSC=C1.[Al].[C]. The zero-order chi connectivity index (χ0) is 4.24. The van der Waals surface area contributed by atoms with Gasteiger partial charge < -0.3 is 0 Å². The third-order valence-electron chi connectivity index (χ3n) is 0.614. The van der Waals surface area contributed by atoms with Gasteiger partial charge in [-0.2, -0.15) is 0 Å². The quantitative estimate of drug-likeness (QED) is 0.456. The highest BCUT2D eigenvalue weighted by atomic mass is 32.2. The minimum absolute atomic E-state index is 0. The van der Waals surface area contributed by atoms with E-state index in [1.807, 2.05) is 17.8 Å². The van der Waals surface area contributed by atoms with Crippen molar-refractivity contribution in [3.63, 3.8) is 0 Å². The van der Waals surface area contributed by atoms with Crippen molar-refractivity contribution in [1.29, 1.82) is 0 Å². The highest BCUT2D eigenvalue weighted by Gasteiger charge is 1.77. The number of rotatable bonds is 0. The van der Waals surface area contributed by atoms with Crippen LogP contribution in [0.5, 0.6) is 0 Å². The molecule has 1 heterocycles. The van der Waals surface area contributed by atoms with Crippen LogP contribution < -0.4 is 0 Å². The van der Waals surface area contributed by atoms with Gasteiger partial charge in [-0.15, -0.1) is 11.8 Å². The maximum Gasteiger partial charge on any atom is 0.0157 e. The topological polar surface area (TPSA) is 0 Å². The van der Waals surface area contributed by atoms with Crippen molar-refractivity contribution in [2.45, 2.75) is 0 Å². The summed E-state index contributed by atoms with van der Waals surface area (Å²) in [5.41, 5.74) is 0. The molecule has 1 aliphatic heterocycles. The van der Waals surface area contributed by atoms with E-state index in [0.29, 0.717) is 0 Å². The lowest BCUT2D eigenvalue weighted by Gasteiger charge is -1.88. The van der Waals surface area contributed by atoms with E-state index in [2.05, 4.69) is 17.6 Å². The van der Waals surface area contributed by atoms with Gasteiger partial charge in [0.05, 0.1) is 0 Å². The average Bonchev–Trinajstić information content (AvgIpc) is 1.72. The van der Waals surface area contributed by atoms with Gasteiger partial charge >= 0.3 is 0 Å². The molecule has 0 aromatic rings. The highest BCUT2D eigenvalue weighted by Crippen LogP contribution is 2.05. The van der Waals surface area contributed by atoms with Gasteiger partial charge in [-0.3, -0.25) is 0 Å². The molecule has 0 aromatic heterocycles. The van der Waals surface area contributed by atoms with Crippen LogP contribution in [0.3, 0.4) is 0 Å². The molecule has 2 heteroatoms. The fourth-order valence-electron chi connectivity index (χ4n) is 0.346. The van der Waals surface area contributed by atoms with Gasteiger partial charge in [0.2, 0.25) is 0 Å². The van der Waals surface area contributed by atoms with Crippen LogP contribution in [0, 0.1) is 7.43 Å². The summed E-state index contributed by atoms with van der Waals surface area (Å²) in [5, 5.41) is 2.10. The molecular formula is C6H6AlS. The first-order chi connectivity index (χ1) is 3.00.